The van der Waals surface area contributed by atoms with Crippen molar-refractivity contribution in [2.45, 2.75) is 25.7 Å². The summed E-state index contributed by atoms with van der Waals surface area (Å²) in [5.41, 5.74) is 0.405. The van der Waals surface area contributed by atoms with E-state index in [-0.39, 0.29) is 5.69 Å². The molecule has 0 radical (unpaired) electrons. The number of alkyl halides is 2. The van der Waals surface area contributed by atoms with Crippen LogP contribution in [0.5, 0.6) is 0 Å². The molecule has 25 heavy (non-hydrogen) atoms. The van der Waals surface area contributed by atoms with Crippen molar-refractivity contribution in [1.29, 1.82) is 0 Å². The molecule has 1 aliphatic rings. The molecule has 3 aromatic rings. The molecule has 5 nitrogen and oxygen atoms in total. The quantitative estimate of drug-likeness (QED) is 0.655. The normalized spacial score (nSPS) is 15.3. The lowest BCUT2D eigenvalue weighted by Crippen LogP contribution is -2.18. The smallest absolute Gasteiger partial charge is 0.287 e. The topological polar surface area (TPSA) is 46.8 Å². The van der Waals surface area contributed by atoms with E-state index in [0.29, 0.717) is 16.5 Å². The molecular weight excluding hydrogens is 348 g/mol. The Bertz CT molecular complexity index is 928. The molecular formula is C17H16ClF2N5. The number of hydrogen-bond acceptors (Lipinski definition) is 4. The first-order chi connectivity index (χ1) is 11.9. The van der Waals surface area contributed by atoms with Crippen molar-refractivity contribution in [3.05, 3.63) is 41.3 Å². The molecule has 0 bridgehead atoms. The highest BCUT2D eigenvalue weighted by Gasteiger charge is 2.27. The zero-order valence-electron chi connectivity index (χ0n) is 13.6. The molecule has 0 amide bonds. The SMILES string of the molecule is CC(F)(F)c1cccc(-n2nc(N3CCCC3)c3cnc(Cl)cc32)n1. The lowest BCUT2D eigenvalue weighted by Gasteiger charge is -2.14. The summed E-state index contributed by atoms with van der Waals surface area (Å²) in [5.74, 6) is -1.90. The van der Waals surface area contributed by atoms with Gasteiger partial charge in [-0.1, -0.05) is 17.7 Å². The highest BCUT2D eigenvalue weighted by atomic mass is 35.5. The fourth-order valence-corrected chi connectivity index (χ4v) is 3.25. The van der Waals surface area contributed by atoms with E-state index < -0.39 is 5.92 Å². The third-order valence-corrected chi connectivity index (χ3v) is 4.53. The monoisotopic (exact) mass is 363 g/mol. The zero-order chi connectivity index (χ0) is 17.6. The van der Waals surface area contributed by atoms with E-state index in [1.165, 1.54) is 6.07 Å². The van der Waals surface area contributed by atoms with Gasteiger partial charge in [0.05, 0.1) is 10.9 Å². The number of aromatic nitrogens is 4. The van der Waals surface area contributed by atoms with Gasteiger partial charge in [-0.15, -0.1) is 5.10 Å². The van der Waals surface area contributed by atoms with Gasteiger partial charge in [0.15, 0.2) is 11.6 Å². The lowest BCUT2D eigenvalue weighted by molar-refractivity contribution is 0.0127. The van der Waals surface area contributed by atoms with Crippen molar-refractivity contribution in [2.75, 3.05) is 18.0 Å². The van der Waals surface area contributed by atoms with Crippen molar-refractivity contribution >= 4 is 28.3 Å². The van der Waals surface area contributed by atoms with Crippen LogP contribution in [0.15, 0.2) is 30.5 Å². The molecule has 130 valence electrons. The highest BCUT2D eigenvalue weighted by molar-refractivity contribution is 6.30. The van der Waals surface area contributed by atoms with Crippen molar-refractivity contribution in [2.24, 2.45) is 0 Å². The van der Waals surface area contributed by atoms with Crippen LogP contribution in [-0.4, -0.2) is 32.8 Å². The van der Waals surface area contributed by atoms with E-state index in [1.807, 2.05) is 0 Å². The van der Waals surface area contributed by atoms with Gasteiger partial charge >= 0.3 is 0 Å². The van der Waals surface area contributed by atoms with Crippen molar-refractivity contribution < 1.29 is 8.78 Å². The zero-order valence-corrected chi connectivity index (χ0v) is 14.3. The van der Waals surface area contributed by atoms with Crippen LogP contribution >= 0.6 is 11.6 Å². The van der Waals surface area contributed by atoms with Gasteiger partial charge in [0.2, 0.25) is 0 Å². The Morgan fingerprint density at radius 2 is 1.96 bits per heavy atom. The molecule has 0 saturated carbocycles. The van der Waals surface area contributed by atoms with Crippen LogP contribution in [0.25, 0.3) is 16.7 Å². The van der Waals surface area contributed by atoms with Crippen molar-refractivity contribution in [3.8, 4) is 5.82 Å². The molecule has 0 unspecified atom stereocenters. The second-order valence-corrected chi connectivity index (χ2v) is 6.61. The number of nitrogens with zero attached hydrogens (tertiary/aromatic N) is 5. The van der Waals surface area contributed by atoms with Gasteiger partial charge in [0.1, 0.15) is 10.8 Å². The predicted molar refractivity (Wildman–Crippen MR) is 92.7 cm³/mol. The molecule has 0 aliphatic carbocycles. The fraction of sp³-hybridized carbons (Fsp3) is 0.353. The van der Waals surface area contributed by atoms with Gasteiger partial charge in [-0.25, -0.2) is 14.6 Å². The average molecular weight is 364 g/mol. The van der Waals surface area contributed by atoms with E-state index in [9.17, 15) is 8.78 Å². The van der Waals surface area contributed by atoms with Gasteiger partial charge in [-0.2, -0.15) is 8.78 Å². The van der Waals surface area contributed by atoms with E-state index in [2.05, 4.69) is 20.0 Å². The number of anilines is 1. The van der Waals surface area contributed by atoms with Gasteiger partial charge in [0.25, 0.3) is 5.92 Å². The Labute approximate surface area is 148 Å². The number of hydrogen-bond donors (Lipinski definition) is 0. The molecule has 0 atom stereocenters. The minimum atomic E-state index is -3.02. The van der Waals surface area contributed by atoms with Crippen LogP contribution in [-0.2, 0) is 5.92 Å². The van der Waals surface area contributed by atoms with Crippen LogP contribution in [0.3, 0.4) is 0 Å². The van der Waals surface area contributed by atoms with Crippen LogP contribution in [0.4, 0.5) is 14.6 Å². The standard InChI is InChI=1S/C17H16ClF2N5/c1-17(19,20)13-5-4-6-15(22-13)25-12-9-14(18)21-10-11(12)16(23-25)24-7-2-3-8-24/h4-6,9-10H,2-3,7-8H2,1H3. The highest BCUT2D eigenvalue weighted by Crippen LogP contribution is 2.32. The predicted octanol–water partition coefficient (Wildman–Crippen LogP) is 4.18. The Morgan fingerprint density at radius 3 is 2.68 bits per heavy atom. The molecule has 1 saturated heterocycles. The Balaban J connectivity index is 1.91. The second-order valence-electron chi connectivity index (χ2n) is 6.22. The summed E-state index contributed by atoms with van der Waals surface area (Å²) in [7, 11) is 0. The maximum Gasteiger partial charge on any atom is 0.287 e. The number of fused-ring (bicyclic) bond motifs is 1. The van der Waals surface area contributed by atoms with Gasteiger partial charge in [-0.05, 0) is 25.0 Å². The van der Waals surface area contributed by atoms with Crippen LogP contribution in [0.1, 0.15) is 25.5 Å². The first kappa shape index (κ1) is 16.2. The largest absolute Gasteiger partial charge is 0.355 e. The fourth-order valence-electron chi connectivity index (χ4n) is 3.09. The Kier molecular flexibility index (Phi) is 3.83. The van der Waals surface area contributed by atoms with Crippen LogP contribution < -0.4 is 4.90 Å². The summed E-state index contributed by atoms with van der Waals surface area (Å²) in [6.45, 7) is 2.65. The van der Waals surface area contributed by atoms with Gasteiger partial charge in [-0.3, -0.25) is 0 Å². The third-order valence-electron chi connectivity index (χ3n) is 4.32. The minimum absolute atomic E-state index is 0.295. The second kappa shape index (κ2) is 5.91. The van der Waals surface area contributed by atoms with E-state index in [4.69, 9.17) is 11.6 Å². The van der Waals surface area contributed by atoms with Gasteiger partial charge < -0.3 is 4.90 Å². The molecule has 8 heteroatoms. The molecule has 0 aromatic carbocycles. The molecule has 0 N–H and O–H groups in total. The van der Waals surface area contributed by atoms with E-state index >= 15 is 0 Å². The number of halogens is 3. The van der Waals surface area contributed by atoms with E-state index in [0.717, 1.165) is 44.1 Å². The number of pyridine rings is 2. The molecule has 1 fully saturated rings. The Hall–Kier alpha value is -2.28. The summed E-state index contributed by atoms with van der Waals surface area (Å²) in [5, 5.41) is 5.80. The summed E-state index contributed by atoms with van der Waals surface area (Å²) in [6.07, 6.45) is 3.88. The molecule has 0 spiro atoms. The molecule has 1 aliphatic heterocycles. The van der Waals surface area contributed by atoms with E-state index in [1.54, 1.807) is 29.1 Å². The van der Waals surface area contributed by atoms with Crippen molar-refractivity contribution in [3.63, 3.8) is 0 Å². The first-order valence-electron chi connectivity index (χ1n) is 8.08. The van der Waals surface area contributed by atoms with Crippen molar-refractivity contribution in [1.82, 2.24) is 19.7 Å². The minimum Gasteiger partial charge on any atom is -0.355 e. The lowest BCUT2D eigenvalue weighted by atomic mass is 10.2. The first-order valence-corrected chi connectivity index (χ1v) is 8.46. The molecule has 3 aromatic heterocycles. The molecule has 4 heterocycles. The maximum absolute atomic E-state index is 13.6. The summed E-state index contributed by atoms with van der Waals surface area (Å²) in [4.78, 5) is 10.4. The summed E-state index contributed by atoms with van der Waals surface area (Å²) in [6, 6.07) is 6.21. The Morgan fingerprint density at radius 1 is 1.20 bits per heavy atom. The van der Waals surface area contributed by atoms with Gasteiger partial charge in [0, 0.05) is 32.3 Å². The maximum atomic E-state index is 13.6. The van der Waals surface area contributed by atoms with Crippen LogP contribution in [0, 0.1) is 0 Å². The third kappa shape index (κ3) is 2.93. The number of rotatable bonds is 3. The molecule has 4 rings (SSSR count). The summed E-state index contributed by atoms with van der Waals surface area (Å²) >= 11 is 6.04. The average Bonchev–Trinajstić information content (AvgIpc) is 3.21. The summed E-state index contributed by atoms with van der Waals surface area (Å²) < 4.78 is 28.9. The van der Waals surface area contributed by atoms with Crippen LogP contribution in [0.2, 0.25) is 5.15 Å².